The maximum atomic E-state index is 10.4. The Balaban J connectivity index is 0. The van der Waals surface area contributed by atoms with E-state index in [1.54, 1.807) is 12.1 Å². The number of aromatic hydroxyl groups is 1. The molecule has 29 heavy (non-hydrogen) atoms. The fourth-order valence-electron chi connectivity index (χ4n) is 1.38. The van der Waals surface area contributed by atoms with Crippen LogP contribution in [0.15, 0.2) is 24.3 Å². The highest BCUT2D eigenvalue weighted by atomic mass is 16.4. The van der Waals surface area contributed by atoms with Crippen LogP contribution in [0.5, 0.6) is 5.75 Å². The summed E-state index contributed by atoms with van der Waals surface area (Å²) >= 11 is 0. The average molecular weight is 417 g/mol. The van der Waals surface area contributed by atoms with E-state index >= 15 is 0 Å². The Labute approximate surface area is 166 Å². The first-order valence-corrected chi connectivity index (χ1v) is 8.22. The molecule has 0 saturated heterocycles. The lowest BCUT2D eigenvalue weighted by atomic mass is 10.1. The topological polar surface area (TPSA) is 247 Å². The maximum Gasteiger partial charge on any atom is 0.320 e. The first kappa shape index (κ1) is 28.0. The highest BCUT2D eigenvalue weighted by molar-refractivity contribution is 5.74. The van der Waals surface area contributed by atoms with Crippen LogP contribution in [-0.4, -0.2) is 67.5 Å². The van der Waals surface area contributed by atoms with E-state index in [4.69, 9.17) is 42.7 Å². The Bertz CT molecular complexity index is 663. The first-order chi connectivity index (χ1) is 13.3. The van der Waals surface area contributed by atoms with Gasteiger partial charge >= 0.3 is 23.9 Å². The van der Waals surface area contributed by atoms with Crippen LogP contribution in [0, 0.1) is 0 Å². The van der Waals surface area contributed by atoms with Gasteiger partial charge in [-0.15, -0.1) is 0 Å². The summed E-state index contributed by atoms with van der Waals surface area (Å²) in [7, 11) is 0. The molecule has 1 aromatic rings. The van der Waals surface area contributed by atoms with E-state index in [0.29, 0.717) is 0 Å². The SMILES string of the molecule is C[C@H](N)C(=O)O.N[C@@H](CCC(=O)O)C(=O)O.N[C@@H](Cc1ccc(O)cc1)C(=O)O. The number of aliphatic carboxylic acids is 4. The molecule has 1 aromatic carbocycles. The van der Waals surface area contributed by atoms with Gasteiger partial charge in [-0.25, -0.2) is 0 Å². The molecular formula is C17H27N3O9. The summed E-state index contributed by atoms with van der Waals surface area (Å²) < 4.78 is 0. The number of rotatable bonds is 8. The average Bonchev–Trinajstić information content (AvgIpc) is 2.62. The maximum absolute atomic E-state index is 10.4. The summed E-state index contributed by atoms with van der Waals surface area (Å²) in [6.45, 7) is 1.42. The molecule has 0 saturated carbocycles. The lowest BCUT2D eigenvalue weighted by molar-refractivity contribution is -0.140. The van der Waals surface area contributed by atoms with E-state index in [-0.39, 0.29) is 25.0 Å². The van der Waals surface area contributed by atoms with Crippen LogP contribution < -0.4 is 17.2 Å². The highest BCUT2D eigenvalue weighted by Crippen LogP contribution is 2.10. The Morgan fingerprint density at radius 1 is 0.828 bits per heavy atom. The van der Waals surface area contributed by atoms with Crippen molar-refractivity contribution in [2.45, 2.75) is 44.3 Å². The van der Waals surface area contributed by atoms with Crippen molar-refractivity contribution in [1.29, 1.82) is 0 Å². The highest BCUT2D eigenvalue weighted by Gasteiger charge is 2.12. The largest absolute Gasteiger partial charge is 0.508 e. The van der Waals surface area contributed by atoms with Crippen LogP contribution in [0.3, 0.4) is 0 Å². The van der Waals surface area contributed by atoms with Crippen LogP contribution in [0.25, 0.3) is 0 Å². The molecule has 0 amide bonds. The van der Waals surface area contributed by atoms with Crippen molar-refractivity contribution in [2.75, 3.05) is 0 Å². The zero-order valence-corrected chi connectivity index (χ0v) is 15.8. The van der Waals surface area contributed by atoms with E-state index in [1.165, 1.54) is 19.1 Å². The molecule has 0 aromatic heterocycles. The van der Waals surface area contributed by atoms with Gasteiger partial charge in [0.05, 0.1) is 0 Å². The summed E-state index contributed by atoms with van der Waals surface area (Å²) in [6.07, 6.45) is 0.0494. The molecule has 3 atom stereocenters. The first-order valence-electron chi connectivity index (χ1n) is 8.22. The number of hydrogen-bond acceptors (Lipinski definition) is 8. The number of phenols is 1. The van der Waals surface area contributed by atoms with Crippen LogP contribution in [0.2, 0.25) is 0 Å². The molecule has 0 heterocycles. The van der Waals surface area contributed by atoms with Crippen molar-refractivity contribution in [1.82, 2.24) is 0 Å². The molecule has 12 heteroatoms. The third-order valence-corrected chi connectivity index (χ3v) is 3.09. The number of carboxylic acids is 4. The van der Waals surface area contributed by atoms with Crippen LogP contribution in [0.4, 0.5) is 0 Å². The summed E-state index contributed by atoms with van der Waals surface area (Å²) in [6, 6.07) is 3.63. The van der Waals surface area contributed by atoms with Gasteiger partial charge in [-0.1, -0.05) is 12.1 Å². The number of carbonyl (C=O) groups is 4. The minimum atomic E-state index is -1.17. The zero-order chi connectivity index (χ0) is 23.1. The molecule has 0 aliphatic rings. The Morgan fingerprint density at radius 2 is 1.24 bits per heavy atom. The summed E-state index contributed by atoms with van der Waals surface area (Å²) in [5.74, 6) is -4.02. The second kappa shape index (κ2) is 14.8. The van der Waals surface area contributed by atoms with Gasteiger partial charge in [-0.2, -0.15) is 0 Å². The molecule has 0 fully saturated rings. The van der Waals surface area contributed by atoms with E-state index in [9.17, 15) is 19.2 Å². The summed E-state index contributed by atoms with van der Waals surface area (Å²) in [4.78, 5) is 39.8. The number of hydrogen-bond donors (Lipinski definition) is 8. The number of phenolic OH excluding ortho intramolecular Hbond substituents is 1. The minimum Gasteiger partial charge on any atom is -0.508 e. The van der Waals surface area contributed by atoms with Gasteiger partial charge in [0.1, 0.15) is 23.9 Å². The van der Waals surface area contributed by atoms with Crippen molar-refractivity contribution in [3.05, 3.63) is 29.8 Å². The molecule has 0 aliphatic carbocycles. The summed E-state index contributed by atoms with van der Waals surface area (Å²) in [5, 5.41) is 41.6. The van der Waals surface area contributed by atoms with Crippen LogP contribution in [0.1, 0.15) is 25.3 Å². The molecule has 11 N–H and O–H groups in total. The van der Waals surface area contributed by atoms with E-state index in [1.807, 2.05) is 0 Å². The van der Waals surface area contributed by atoms with E-state index in [0.717, 1.165) is 5.56 Å². The molecule has 0 aliphatic heterocycles. The normalized spacial score (nSPS) is 12.7. The second-order valence-corrected chi connectivity index (χ2v) is 5.82. The minimum absolute atomic E-state index is 0.0231. The van der Waals surface area contributed by atoms with E-state index in [2.05, 4.69) is 0 Å². The van der Waals surface area contributed by atoms with Crippen molar-refractivity contribution < 1.29 is 44.7 Å². The fraction of sp³-hybridized carbons (Fsp3) is 0.412. The Hall–Kier alpha value is -3.22. The lowest BCUT2D eigenvalue weighted by Crippen LogP contribution is -2.32. The van der Waals surface area contributed by atoms with Gasteiger partial charge in [-0.05, 0) is 37.5 Å². The predicted molar refractivity (Wildman–Crippen MR) is 101 cm³/mol. The third-order valence-electron chi connectivity index (χ3n) is 3.09. The quantitative estimate of drug-likeness (QED) is 0.254. The van der Waals surface area contributed by atoms with Gasteiger partial charge in [-0.3, -0.25) is 19.2 Å². The molecule has 0 bridgehead atoms. The second-order valence-electron chi connectivity index (χ2n) is 5.82. The van der Waals surface area contributed by atoms with Gasteiger partial charge in [0, 0.05) is 6.42 Å². The standard InChI is InChI=1S/C9H11NO3.C5H9NO4.C3H7NO2/c10-8(9(12)13)5-6-1-3-7(11)4-2-6;6-3(5(9)10)1-2-4(7)8;1-2(4)3(5)6/h1-4,8,11H,5,10H2,(H,12,13);3H,1-2,6H2,(H,7,8)(H,9,10);2H,4H2,1H3,(H,5,6)/t8-;3-;2-/m000/s1. The van der Waals surface area contributed by atoms with Crippen molar-refractivity contribution >= 4 is 23.9 Å². The van der Waals surface area contributed by atoms with Gasteiger partial charge in [0.2, 0.25) is 0 Å². The number of benzene rings is 1. The Morgan fingerprint density at radius 3 is 1.55 bits per heavy atom. The van der Waals surface area contributed by atoms with Crippen LogP contribution >= 0.6 is 0 Å². The smallest absolute Gasteiger partial charge is 0.320 e. The van der Waals surface area contributed by atoms with Crippen molar-refractivity contribution in [2.24, 2.45) is 17.2 Å². The number of nitrogens with two attached hydrogens (primary N) is 3. The van der Waals surface area contributed by atoms with Crippen LogP contribution in [-0.2, 0) is 25.6 Å². The fourth-order valence-corrected chi connectivity index (χ4v) is 1.38. The molecule has 1 rings (SSSR count). The summed E-state index contributed by atoms with van der Waals surface area (Å²) in [5.41, 5.74) is 16.0. The molecule has 164 valence electrons. The van der Waals surface area contributed by atoms with Crippen molar-refractivity contribution in [3.63, 3.8) is 0 Å². The zero-order valence-electron chi connectivity index (χ0n) is 15.8. The molecule has 0 spiro atoms. The van der Waals surface area contributed by atoms with Gasteiger partial charge < -0.3 is 42.7 Å². The third kappa shape index (κ3) is 16.7. The predicted octanol–water partition coefficient (Wildman–Crippen LogP) is -0.972. The van der Waals surface area contributed by atoms with E-state index < -0.39 is 42.0 Å². The monoisotopic (exact) mass is 417 g/mol. The van der Waals surface area contributed by atoms with Gasteiger partial charge in [0.15, 0.2) is 0 Å². The number of carboxylic acid groups (broad SMARTS) is 4. The molecular weight excluding hydrogens is 390 g/mol. The van der Waals surface area contributed by atoms with Crippen molar-refractivity contribution in [3.8, 4) is 5.75 Å². The molecule has 0 unspecified atom stereocenters. The molecule has 0 radical (unpaired) electrons. The van der Waals surface area contributed by atoms with Gasteiger partial charge in [0.25, 0.3) is 0 Å². The Kier molecular flexibility index (Phi) is 14.3. The lowest BCUT2D eigenvalue weighted by Gasteiger charge is -2.05. The molecule has 12 nitrogen and oxygen atoms in total.